The topological polar surface area (TPSA) is 42.4 Å². The van der Waals surface area contributed by atoms with Crippen LogP contribution in [0.15, 0.2) is 48.5 Å². The Hall–Kier alpha value is -2.39. The number of aromatic nitrogens is 1. The molecule has 3 heteroatoms. The summed E-state index contributed by atoms with van der Waals surface area (Å²) in [6.07, 6.45) is 0. The number of hydrogen-bond donors (Lipinski definition) is 1. The van der Waals surface area contributed by atoms with E-state index in [-0.39, 0.29) is 6.61 Å². The third kappa shape index (κ3) is 2.88. The van der Waals surface area contributed by atoms with Crippen molar-refractivity contribution in [3.05, 3.63) is 65.4 Å². The summed E-state index contributed by atoms with van der Waals surface area (Å²) < 4.78 is 6.04. The standard InChI is InChI=1S/C18H17NO2/c1-12-7-13(2)9-15(8-12)21-18-10-14(11-20)19-17-6-4-3-5-16(17)18/h3-10,20H,11H2,1-2H3. The van der Waals surface area contributed by atoms with Gasteiger partial charge in [0.1, 0.15) is 11.5 Å². The molecule has 1 heterocycles. The Morgan fingerprint density at radius 2 is 1.71 bits per heavy atom. The van der Waals surface area contributed by atoms with E-state index in [1.54, 1.807) is 6.07 Å². The molecule has 2 aromatic carbocycles. The Bertz CT molecular complexity index is 776. The number of benzene rings is 2. The highest BCUT2D eigenvalue weighted by Gasteiger charge is 2.08. The Kier molecular flexibility index (Phi) is 3.59. The molecule has 106 valence electrons. The first-order valence-corrected chi connectivity index (χ1v) is 6.91. The van der Waals surface area contributed by atoms with Crippen molar-refractivity contribution in [2.45, 2.75) is 20.5 Å². The highest BCUT2D eigenvalue weighted by Crippen LogP contribution is 2.30. The van der Waals surface area contributed by atoms with Crippen LogP contribution in [0, 0.1) is 13.8 Å². The van der Waals surface area contributed by atoms with Gasteiger partial charge in [-0.05, 0) is 49.2 Å². The molecule has 0 saturated heterocycles. The van der Waals surface area contributed by atoms with Gasteiger partial charge >= 0.3 is 0 Å². The molecule has 21 heavy (non-hydrogen) atoms. The lowest BCUT2D eigenvalue weighted by Crippen LogP contribution is -1.94. The van der Waals surface area contributed by atoms with Crippen molar-refractivity contribution in [2.24, 2.45) is 0 Å². The molecule has 0 aliphatic rings. The van der Waals surface area contributed by atoms with Crippen LogP contribution in [-0.4, -0.2) is 10.1 Å². The summed E-state index contributed by atoms with van der Waals surface area (Å²) in [7, 11) is 0. The van der Waals surface area contributed by atoms with Crippen molar-refractivity contribution in [3.8, 4) is 11.5 Å². The Balaban J connectivity index is 2.10. The maximum Gasteiger partial charge on any atom is 0.138 e. The molecule has 0 aliphatic heterocycles. The average molecular weight is 279 g/mol. The fourth-order valence-electron chi connectivity index (χ4n) is 2.48. The lowest BCUT2D eigenvalue weighted by atomic mass is 10.1. The molecule has 3 rings (SSSR count). The van der Waals surface area contributed by atoms with Crippen LogP contribution in [0.4, 0.5) is 0 Å². The lowest BCUT2D eigenvalue weighted by Gasteiger charge is -2.11. The van der Waals surface area contributed by atoms with Crippen molar-refractivity contribution in [3.63, 3.8) is 0 Å². The number of ether oxygens (including phenoxy) is 1. The van der Waals surface area contributed by atoms with Gasteiger partial charge in [-0.15, -0.1) is 0 Å². The number of aryl methyl sites for hydroxylation is 2. The zero-order valence-electron chi connectivity index (χ0n) is 12.1. The Morgan fingerprint density at radius 1 is 1.00 bits per heavy atom. The van der Waals surface area contributed by atoms with Crippen LogP contribution in [0.2, 0.25) is 0 Å². The molecule has 1 N–H and O–H groups in total. The molecule has 0 unspecified atom stereocenters. The summed E-state index contributed by atoms with van der Waals surface area (Å²) in [4.78, 5) is 4.40. The van der Waals surface area contributed by atoms with Crippen LogP contribution in [0.3, 0.4) is 0 Å². The molecule has 0 amide bonds. The summed E-state index contributed by atoms with van der Waals surface area (Å²) in [5.41, 5.74) is 3.74. The van der Waals surface area contributed by atoms with Crippen molar-refractivity contribution in [1.82, 2.24) is 4.98 Å². The van der Waals surface area contributed by atoms with Gasteiger partial charge < -0.3 is 9.84 Å². The van der Waals surface area contributed by atoms with Gasteiger partial charge in [-0.1, -0.05) is 18.2 Å². The summed E-state index contributed by atoms with van der Waals surface area (Å²) in [5, 5.41) is 10.3. The average Bonchev–Trinajstić information content (AvgIpc) is 2.46. The van der Waals surface area contributed by atoms with Crippen molar-refractivity contribution < 1.29 is 9.84 Å². The quantitative estimate of drug-likeness (QED) is 0.783. The predicted molar refractivity (Wildman–Crippen MR) is 83.7 cm³/mol. The predicted octanol–water partition coefficient (Wildman–Crippen LogP) is 4.14. The fourth-order valence-corrected chi connectivity index (χ4v) is 2.48. The third-order valence-corrected chi connectivity index (χ3v) is 3.32. The SMILES string of the molecule is Cc1cc(C)cc(Oc2cc(CO)nc3ccccc23)c1. The third-order valence-electron chi connectivity index (χ3n) is 3.32. The number of nitrogens with zero attached hydrogens (tertiary/aromatic N) is 1. The molecule has 0 aliphatic carbocycles. The zero-order valence-corrected chi connectivity index (χ0v) is 12.1. The Labute approximate surface area is 123 Å². The second kappa shape index (κ2) is 5.54. The van der Waals surface area contributed by atoms with Gasteiger partial charge in [-0.3, -0.25) is 4.98 Å². The lowest BCUT2D eigenvalue weighted by molar-refractivity contribution is 0.277. The number of aliphatic hydroxyl groups is 1. The van der Waals surface area contributed by atoms with Gasteiger partial charge in [0.15, 0.2) is 0 Å². The van der Waals surface area contributed by atoms with Crippen molar-refractivity contribution in [1.29, 1.82) is 0 Å². The normalized spacial score (nSPS) is 10.8. The molecule has 0 saturated carbocycles. The van der Waals surface area contributed by atoms with E-state index in [0.29, 0.717) is 5.69 Å². The van der Waals surface area contributed by atoms with E-state index >= 15 is 0 Å². The minimum Gasteiger partial charge on any atom is -0.457 e. The second-order valence-electron chi connectivity index (χ2n) is 5.21. The fraction of sp³-hybridized carbons (Fsp3) is 0.167. The van der Waals surface area contributed by atoms with Gasteiger partial charge in [0.25, 0.3) is 0 Å². The molecule has 0 spiro atoms. The van der Waals surface area contributed by atoms with E-state index in [4.69, 9.17) is 4.74 Å². The molecule has 0 radical (unpaired) electrons. The molecule has 0 fully saturated rings. The van der Waals surface area contributed by atoms with Gasteiger partial charge in [0.05, 0.1) is 17.8 Å². The molecule has 0 bridgehead atoms. The number of hydrogen-bond acceptors (Lipinski definition) is 3. The van der Waals surface area contributed by atoms with E-state index in [1.807, 2.05) is 50.2 Å². The van der Waals surface area contributed by atoms with Crippen LogP contribution >= 0.6 is 0 Å². The van der Waals surface area contributed by atoms with E-state index in [0.717, 1.165) is 33.5 Å². The van der Waals surface area contributed by atoms with Crippen LogP contribution < -0.4 is 4.74 Å². The van der Waals surface area contributed by atoms with Crippen molar-refractivity contribution >= 4 is 10.9 Å². The minimum atomic E-state index is -0.103. The monoisotopic (exact) mass is 279 g/mol. The Morgan fingerprint density at radius 3 is 2.43 bits per heavy atom. The number of para-hydroxylation sites is 1. The van der Waals surface area contributed by atoms with Crippen LogP contribution in [0.25, 0.3) is 10.9 Å². The largest absolute Gasteiger partial charge is 0.457 e. The van der Waals surface area contributed by atoms with E-state index < -0.39 is 0 Å². The second-order valence-corrected chi connectivity index (χ2v) is 5.21. The first-order chi connectivity index (χ1) is 10.2. The highest BCUT2D eigenvalue weighted by atomic mass is 16.5. The number of fused-ring (bicyclic) bond motifs is 1. The van der Waals surface area contributed by atoms with Crippen LogP contribution in [0.5, 0.6) is 11.5 Å². The van der Waals surface area contributed by atoms with Gasteiger partial charge in [0.2, 0.25) is 0 Å². The molecular formula is C18H17NO2. The summed E-state index contributed by atoms with van der Waals surface area (Å²) in [6.45, 7) is 3.99. The van der Waals surface area contributed by atoms with Crippen LogP contribution in [0.1, 0.15) is 16.8 Å². The first kappa shape index (κ1) is 13.6. The maximum absolute atomic E-state index is 9.36. The minimum absolute atomic E-state index is 0.103. The maximum atomic E-state index is 9.36. The highest BCUT2D eigenvalue weighted by molar-refractivity contribution is 5.85. The molecule has 3 aromatic rings. The van der Waals surface area contributed by atoms with E-state index in [1.165, 1.54) is 0 Å². The summed E-state index contributed by atoms with van der Waals surface area (Å²) in [6, 6.07) is 15.7. The van der Waals surface area contributed by atoms with Gasteiger partial charge in [-0.2, -0.15) is 0 Å². The molecular weight excluding hydrogens is 262 g/mol. The zero-order chi connectivity index (χ0) is 14.8. The molecule has 3 nitrogen and oxygen atoms in total. The van der Waals surface area contributed by atoms with Crippen LogP contribution in [-0.2, 0) is 6.61 Å². The van der Waals surface area contributed by atoms with Gasteiger partial charge in [-0.25, -0.2) is 0 Å². The number of pyridine rings is 1. The molecule has 0 atom stereocenters. The smallest absolute Gasteiger partial charge is 0.138 e. The summed E-state index contributed by atoms with van der Waals surface area (Å²) >= 11 is 0. The molecule has 1 aromatic heterocycles. The number of rotatable bonds is 3. The van der Waals surface area contributed by atoms with E-state index in [2.05, 4.69) is 11.1 Å². The first-order valence-electron chi connectivity index (χ1n) is 6.91. The van der Waals surface area contributed by atoms with E-state index in [9.17, 15) is 5.11 Å². The van der Waals surface area contributed by atoms with Gasteiger partial charge in [0, 0.05) is 11.5 Å². The summed E-state index contributed by atoms with van der Waals surface area (Å²) in [5.74, 6) is 1.52. The van der Waals surface area contributed by atoms with Crippen molar-refractivity contribution in [2.75, 3.05) is 0 Å². The number of aliphatic hydroxyl groups excluding tert-OH is 1.